The third-order valence-corrected chi connectivity index (χ3v) is 5.35. The van der Waals surface area contributed by atoms with Crippen LogP contribution in [-0.4, -0.2) is 26.8 Å². The highest BCUT2D eigenvalue weighted by molar-refractivity contribution is 7.12. The second kappa shape index (κ2) is 8.29. The molecule has 2 aromatic heterocycles. The highest BCUT2D eigenvalue weighted by Gasteiger charge is 2.10. The molecule has 0 bridgehead atoms. The number of hydrogen-bond acceptors (Lipinski definition) is 5. The zero-order valence-corrected chi connectivity index (χ0v) is 16.9. The van der Waals surface area contributed by atoms with Crippen molar-refractivity contribution >= 4 is 35.9 Å². The molecule has 0 aliphatic heterocycles. The van der Waals surface area contributed by atoms with Crippen LogP contribution in [-0.2, 0) is 0 Å². The lowest BCUT2D eigenvalue weighted by molar-refractivity contribution is 0.0694. The second-order valence-corrected chi connectivity index (χ2v) is 7.52. The molecule has 31 heavy (non-hydrogen) atoms. The first-order valence-corrected chi connectivity index (χ1v) is 10.0. The summed E-state index contributed by atoms with van der Waals surface area (Å²) in [5.74, 6) is -1.06. The Morgan fingerprint density at radius 1 is 1.06 bits per heavy atom. The van der Waals surface area contributed by atoms with E-state index >= 15 is 0 Å². The minimum absolute atomic E-state index is 0.129. The van der Waals surface area contributed by atoms with E-state index < -0.39 is 11.9 Å². The average Bonchev–Trinajstić information content (AvgIpc) is 3.40. The molecular formula is C23H16N2O5S. The molecule has 0 aliphatic rings. The van der Waals surface area contributed by atoms with Gasteiger partial charge in [-0.3, -0.25) is 9.89 Å². The van der Waals surface area contributed by atoms with Gasteiger partial charge in [0.05, 0.1) is 21.8 Å². The van der Waals surface area contributed by atoms with E-state index in [4.69, 9.17) is 9.84 Å². The van der Waals surface area contributed by atoms with E-state index in [2.05, 4.69) is 11.7 Å². The molecule has 0 unspecified atom stereocenters. The van der Waals surface area contributed by atoms with Crippen LogP contribution < -0.4 is 20.9 Å². The summed E-state index contributed by atoms with van der Waals surface area (Å²) in [7, 11) is 0. The number of carboxylic acids is 1. The normalized spacial score (nSPS) is 11.4. The van der Waals surface area contributed by atoms with Crippen molar-refractivity contribution in [2.45, 2.75) is 0 Å². The van der Waals surface area contributed by atoms with Gasteiger partial charge in [-0.05, 0) is 59.5 Å². The summed E-state index contributed by atoms with van der Waals surface area (Å²) < 4.78 is 6.63. The number of rotatable bonds is 5. The first-order valence-electron chi connectivity index (χ1n) is 9.13. The lowest BCUT2D eigenvalue weighted by Gasteiger charge is -2.02. The van der Waals surface area contributed by atoms with Crippen LogP contribution >= 0.6 is 11.3 Å². The van der Waals surface area contributed by atoms with Gasteiger partial charge in [0.1, 0.15) is 10.6 Å². The monoisotopic (exact) mass is 432 g/mol. The van der Waals surface area contributed by atoms with Crippen molar-refractivity contribution in [3.05, 3.63) is 103 Å². The fourth-order valence-corrected chi connectivity index (χ4v) is 3.53. The van der Waals surface area contributed by atoms with Crippen LogP contribution in [0.15, 0.2) is 70.8 Å². The Morgan fingerprint density at radius 3 is 2.39 bits per heavy atom. The molecule has 4 aromatic rings. The minimum atomic E-state index is -1.04. The smallest absolute Gasteiger partial charge is 0.353 e. The minimum Gasteiger partial charge on any atom is -0.478 e. The molecule has 8 heteroatoms. The van der Waals surface area contributed by atoms with E-state index in [1.807, 2.05) is 0 Å². The Hall–Kier alpha value is -4.17. The standard InChI is InChI=1S/C23H16N2O5S/c1-14-19(21(26)25(24-14)17-8-6-16(7-9-17)22(27)28)13-15-4-10-18(11-5-15)30-23(29)20-3-2-12-31-20/h2-13,24H,1H2,(H,27,28)/b19-13-. The van der Waals surface area contributed by atoms with Crippen molar-refractivity contribution in [3.8, 4) is 11.4 Å². The number of benzene rings is 2. The van der Waals surface area contributed by atoms with E-state index in [9.17, 15) is 14.4 Å². The number of carboxylic acid groups (broad SMARTS) is 1. The maximum atomic E-state index is 12.8. The van der Waals surface area contributed by atoms with Gasteiger partial charge in [0, 0.05) is 0 Å². The predicted molar refractivity (Wildman–Crippen MR) is 117 cm³/mol. The van der Waals surface area contributed by atoms with Gasteiger partial charge in [0.15, 0.2) is 0 Å². The molecule has 154 valence electrons. The molecular weight excluding hydrogens is 416 g/mol. The summed E-state index contributed by atoms with van der Waals surface area (Å²) in [6.45, 7) is 3.88. The third kappa shape index (κ3) is 4.24. The molecule has 0 fully saturated rings. The molecule has 7 nitrogen and oxygen atoms in total. The van der Waals surface area contributed by atoms with Crippen LogP contribution in [0.1, 0.15) is 25.6 Å². The predicted octanol–water partition coefficient (Wildman–Crippen LogP) is 2.38. The van der Waals surface area contributed by atoms with E-state index in [1.54, 1.807) is 60.0 Å². The Bertz CT molecular complexity index is 1410. The fourth-order valence-electron chi connectivity index (χ4n) is 2.93. The van der Waals surface area contributed by atoms with Crippen LogP contribution in [0.25, 0.3) is 18.3 Å². The Labute approximate surface area is 179 Å². The number of esters is 1. The lowest BCUT2D eigenvalue weighted by Crippen LogP contribution is -2.33. The summed E-state index contributed by atoms with van der Waals surface area (Å²) in [5.41, 5.74) is 1.03. The number of nitrogens with one attached hydrogen (secondary N) is 1. The Morgan fingerprint density at radius 2 is 1.77 bits per heavy atom. The molecule has 0 aliphatic carbocycles. The summed E-state index contributed by atoms with van der Waals surface area (Å²) in [4.78, 5) is 36.4. The molecule has 0 radical (unpaired) electrons. The number of carbonyl (C=O) groups is 2. The number of thiophene rings is 1. The largest absolute Gasteiger partial charge is 0.478 e. The Balaban J connectivity index is 1.60. The van der Waals surface area contributed by atoms with E-state index in [1.165, 1.54) is 28.2 Å². The van der Waals surface area contributed by atoms with Gasteiger partial charge in [0.25, 0.3) is 5.56 Å². The summed E-state index contributed by atoms with van der Waals surface area (Å²) >= 11 is 1.30. The van der Waals surface area contributed by atoms with Gasteiger partial charge in [-0.25, -0.2) is 14.3 Å². The molecule has 0 amide bonds. The van der Waals surface area contributed by atoms with Gasteiger partial charge in [-0.1, -0.05) is 24.8 Å². The first-order chi connectivity index (χ1) is 14.9. The summed E-state index contributed by atoms with van der Waals surface area (Å²) in [6, 6.07) is 16.2. The van der Waals surface area contributed by atoms with Crippen molar-refractivity contribution < 1.29 is 19.4 Å². The molecule has 2 aromatic carbocycles. The van der Waals surface area contributed by atoms with Gasteiger partial charge in [0.2, 0.25) is 0 Å². The van der Waals surface area contributed by atoms with Crippen molar-refractivity contribution in [2.75, 3.05) is 0 Å². The number of carbonyl (C=O) groups excluding carboxylic acids is 1. The van der Waals surface area contributed by atoms with Crippen LogP contribution in [0, 0.1) is 0 Å². The van der Waals surface area contributed by atoms with Crippen molar-refractivity contribution in [1.29, 1.82) is 0 Å². The van der Waals surface area contributed by atoms with Crippen molar-refractivity contribution in [1.82, 2.24) is 9.78 Å². The molecule has 0 atom stereocenters. The van der Waals surface area contributed by atoms with E-state index in [0.29, 0.717) is 26.9 Å². The molecule has 0 spiro atoms. The maximum absolute atomic E-state index is 12.8. The summed E-state index contributed by atoms with van der Waals surface area (Å²) in [5, 5.41) is 14.5. The van der Waals surface area contributed by atoms with Gasteiger partial charge in [-0.2, -0.15) is 0 Å². The van der Waals surface area contributed by atoms with Crippen LogP contribution in [0.4, 0.5) is 0 Å². The number of ether oxygens (including phenoxy) is 1. The molecule has 2 heterocycles. The topological polar surface area (TPSA) is 101 Å². The number of hydrogen-bond donors (Lipinski definition) is 2. The van der Waals surface area contributed by atoms with Crippen LogP contribution in [0.5, 0.6) is 5.75 Å². The number of aromatic amines is 1. The molecule has 2 N–H and O–H groups in total. The highest BCUT2D eigenvalue weighted by atomic mass is 32.1. The number of aromatic carboxylic acids is 1. The maximum Gasteiger partial charge on any atom is 0.353 e. The van der Waals surface area contributed by atoms with Gasteiger partial charge >= 0.3 is 11.9 Å². The lowest BCUT2D eigenvalue weighted by atomic mass is 10.2. The van der Waals surface area contributed by atoms with Crippen molar-refractivity contribution in [3.63, 3.8) is 0 Å². The molecule has 4 rings (SSSR count). The fraction of sp³-hybridized carbons (Fsp3) is 0. The third-order valence-electron chi connectivity index (χ3n) is 4.50. The highest BCUT2D eigenvalue weighted by Crippen LogP contribution is 2.16. The second-order valence-electron chi connectivity index (χ2n) is 6.58. The average molecular weight is 432 g/mol. The number of aromatic nitrogens is 2. The van der Waals surface area contributed by atoms with Crippen LogP contribution in [0.3, 0.4) is 0 Å². The van der Waals surface area contributed by atoms with Gasteiger partial charge in [-0.15, -0.1) is 11.3 Å². The zero-order chi connectivity index (χ0) is 22.0. The first kappa shape index (κ1) is 20.1. The number of H-pyrrole nitrogens is 1. The SMILES string of the molecule is C=c1[nH]n(-c2ccc(C(=O)O)cc2)c(=O)/c1=C\c1ccc(OC(=O)c2cccs2)cc1. The Kier molecular flexibility index (Phi) is 5.38. The van der Waals surface area contributed by atoms with Gasteiger partial charge < -0.3 is 9.84 Å². The molecule has 0 saturated carbocycles. The van der Waals surface area contributed by atoms with Crippen molar-refractivity contribution in [2.24, 2.45) is 0 Å². The van der Waals surface area contributed by atoms with Crippen LogP contribution in [0.2, 0.25) is 0 Å². The number of nitrogens with zero attached hydrogens (tertiary/aromatic N) is 1. The van der Waals surface area contributed by atoms with E-state index in [-0.39, 0.29) is 11.1 Å². The quantitative estimate of drug-likeness (QED) is 0.373. The zero-order valence-electron chi connectivity index (χ0n) is 16.1. The molecule has 0 saturated heterocycles. The van der Waals surface area contributed by atoms with E-state index in [0.717, 1.165) is 5.56 Å². The summed E-state index contributed by atoms with van der Waals surface area (Å²) in [6.07, 6.45) is 1.67.